The lowest BCUT2D eigenvalue weighted by Crippen LogP contribution is -2.58. The highest BCUT2D eigenvalue weighted by molar-refractivity contribution is 7.98. The van der Waals surface area contributed by atoms with Crippen LogP contribution in [0.4, 0.5) is 0 Å². The number of carbonyl (C=O) groups is 5. The second kappa shape index (κ2) is 12.5. The van der Waals surface area contributed by atoms with Crippen molar-refractivity contribution in [1.29, 1.82) is 0 Å². The van der Waals surface area contributed by atoms with Gasteiger partial charge < -0.3 is 37.2 Å². The van der Waals surface area contributed by atoms with Crippen LogP contribution in [0.2, 0.25) is 0 Å². The molecular formula is C18H31N5O7S. The molecule has 12 nitrogen and oxygen atoms in total. The fourth-order valence-corrected chi connectivity index (χ4v) is 3.69. The van der Waals surface area contributed by atoms with Crippen LogP contribution < -0.4 is 22.1 Å². The van der Waals surface area contributed by atoms with Gasteiger partial charge >= 0.3 is 5.97 Å². The SMILES string of the molecule is CSCCC(NC(=O)C(N)CC(N)=O)C(=O)N1CCCC1C(=O)NC(C(=O)O)C(C)O. The topological polar surface area (TPSA) is 205 Å². The highest BCUT2D eigenvalue weighted by Crippen LogP contribution is 2.20. The fourth-order valence-electron chi connectivity index (χ4n) is 3.22. The number of hydrogen-bond donors (Lipinski definition) is 6. The summed E-state index contributed by atoms with van der Waals surface area (Å²) in [6.07, 6.45) is 1.23. The first-order valence-corrected chi connectivity index (χ1v) is 11.2. The third-order valence-corrected chi connectivity index (χ3v) is 5.51. The van der Waals surface area contributed by atoms with Crippen molar-refractivity contribution in [1.82, 2.24) is 15.5 Å². The first-order chi connectivity index (χ1) is 14.5. The highest BCUT2D eigenvalue weighted by atomic mass is 32.2. The number of likely N-dealkylation sites (tertiary alicyclic amines) is 1. The first-order valence-electron chi connectivity index (χ1n) is 9.84. The average molecular weight is 462 g/mol. The van der Waals surface area contributed by atoms with Crippen LogP contribution in [0.3, 0.4) is 0 Å². The summed E-state index contributed by atoms with van der Waals surface area (Å²) in [7, 11) is 0. The minimum Gasteiger partial charge on any atom is -0.480 e. The Kier molecular flexibility index (Phi) is 10.7. The van der Waals surface area contributed by atoms with Gasteiger partial charge in [0.25, 0.3) is 0 Å². The van der Waals surface area contributed by atoms with E-state index in [4.69, 9.17) is 16.6 Å². The van der Waals surface area contributed by atoms with Crippen LogP contribution in [-0.2, 0) is 24.0 Å². The second-order valence-corrected chi connectivity index (χ2v) is 8.36. The zero-order valence-electron chi connectivity index (χ0n) is 17.6. The van der Waals surface area contributed by atoms with Gasteiger partial charge in [0.05, 0.1) is 18.6 Å². The monoisotopic (exact) mass is 461 g/mol. The van der Waals surface area contributed by atoms with Gasteiger partial charge in [0, 0.05) is 6.54 Å². The summed E-state index contributed by atoms with van der Waals surface area (Å²) in [5.74, 6) is -3.52. The standard InChI is InChI=1S/C18H31N5O7S/c1-9(24)14(18(29)30)22-16(27)12-4-3-6-23(12)17(28)11(5-7-31-2)21-15(26)10(19)8-13(20)25/h9-12,14,24H,3-8,19H2,1-2H3,(H2,20,25)(H,21,26)(H,22,27)(H,29,30). The van der Waals surface area contributed by atoms with Crippen LogP contribution in [0.25, 0.3) is 0 Å². The Morgan fingerprint density at radius 3 is 2.39 bits per heavy atom. The van der Waals surface area contributed by atoms with E-state index in [0.717, 1.165) is 0 Å². The Labute approximate surface area is 184 Å². The Hall–Kier alpha value is -2.38. The van der Waals surface area contributed by atoms with Gasteiger partial charge in [-0.25, -0.2) is 4.79 Å². The molecule has 8 N–H and O–H groups in total. The third kappa shape index (κ3) is 7.99. The van der Waals surface area contributed by atoms with Crippen molar-refractivity contribution < 1.29 is 34.2 Å². The number of carbonyl (C=O) groups excluding carboxylic acids is 4. The van der Waals surface area contributed by atoms with Crippen LogP contribution in [0, 0.1) is 0 Å². The van der Waals surface area contributed by atoms with E-state index in [9.17, 15) is 29.1 Å². The molecule has 0 aromatic rings. The number of aliphatic hydroxyl groups excluding tert-OH is 1. The number of aliphatic carboxylic acids is 1. The summed E-state index contributed by atoms with van der Waals surface area (Å²) in [5, 5.41) is 23.5. The molecule has 0 bridgehead atoms. The molecule has 1 rings (SSSR count). The number of primary amides is 1. The van der Waals surface area contributed by atoms with E-state index in [1.54, 1.807) is 0 Å². The van der Waals surface area contributed by atoms with E-state index >= 15 is 0 Å². The number of thioether (sulfide) groups is 1. The largest absolute Gasteiger partial charge is 0.480 e. The van der Waals surface area contributed by atoms with Crippen LogP contribution in [0.15, 0.2) is 0 Å². The molecule has 4 amide bonds. The predicted octanol–water partition coefficient (Wildman–Crippen LogP) is -2.63. The van der Waals surface area contributed by atoms with Gasteiger partial charge in [-0.05, 0) is 38.2 Å². The van der Waals surface area contributed by atoms with Crippen molar-refractivity contribution >= 4 is 41.4 Å². The molecule has 0 spiro atoms. The summed E-state index contributed by atoms with van der Waals surface area (Å²) < 4.78 is 0. The summed E-state index contributed by atoms with van der Waals surface area (Å²) >= 11 is 1.46. The van der Waals surface area contributed by atoms with Crippen LogP contribution >= 0.6 is 11.8 Å². The van der Waals surface area contributed by atoms with E-state index in [2.05, 4.69) is 10.6 Å². The number of nitrogens with two attached hydrogens (primary N) is 2. The van der Waals surface area contributed by atoms with Crippen LogP contribution in [-0.4, -0.2) is 93.5 Å². The van der Waals surface area contributed by atoms with E-state index in [0.29, 0.717) is 18.6 Å². The fraction of sp³-hybridized carbons (Fsp3) is 0.722. The number of nitrogens with one attached hydrogen (secondary N) is 2. The van der Waals surface area contributed by atoms with Crippen molar-refractivity contribution in [3.05, 3.63) is 0 Å². The van der Waals surface area contributed by atoms with Gasteiger partial charge in [0.15, 0.2) is 6.04 Å². The number of carboxylic acids is 1. The van der Waals surface area contributed by atoms with Crippen LogP contribution in [0.5, 0.6) is 0 Å². The Bertz CT molecular complexity index is 690. The van der Waals surface area contributed by atoms with E-state index in [1.807, 2.05) is 6.26 Å². The molecular weight excluding hydrogens is 430 g/mol. The number of amides is 4. The van der Waals surface area contributed by atoms with Gasteiger partial charge in [-0.2, -0.15) is 11.8 Å². The average Bonchev–Trinajstić information content (AvgIpc) is 3.17. The number of hydrogen-bond acceptors (Lipinski definition) is 8. The zero-order valence-corrected chi connectivity index (χ0v) is 18.4. The lowest BCUT2D eigenvalue weighted by molar-refractivity contribution is -0.147. The molecule has 5 unspecified atom stereocenters. The lowest BCUT2D eigenvalue weighted by Gasteiger charge is -2.30. The first kappa shape index (κ1) is 26.7. The van der Waals surface area contributed by atoms with E-state index in [1.165, 1.54) is 23.6 Å². The maximum Gasteiger partial charge on any atom is 0.328 e. The van der Waals surface area contributed by atoms with Gasteiger partial charge in [-0.3, -0.25) is 19.2 Å². The Morgan fingerprint density at radius 1 is 1.23 bits per heavy atom. The maximum atomic E-state index is 13.1. The van der Waals surface area contributed by atoms with Crippen molar-refractivity contribution in [2.45, 2.75) is 62.9 Å². The third-order valence-electron chi connectivity index (χ3n) is 4.87. The molecule has 176 valence electrons. The molecule has 1 aliphatic rings. The highest BCUT2D eigenvalue weighted by Gasteiger charge is 2.39. The van der Waals surface area contributed by atoms with Gasteiger partial charge in [-0.1, -0.05) is 0 Å². The maximum absolute atomic E-state index is 13.1. The molecule has 1 fully saturated rings. The van der Waals surface area contributed by atoms with Gasteiger partial charge in [-0.15, -0.1) is 0 Å². The summed E-state index contributed by atoms with van der Waals surface area (Å²) in [6.45, 7) is 1.49. The number of rotatable bonds is 12. The smallest absolute Gasteiger partial charge is 0.328 e. The van der Waals surface area contributed by atoms with E-state index < -0.39 is 59.9 Å². The normalized spacial score (nSPS) is 19.7. The molecule has 5 atom stereocenters. The van der Waals surface area contributed by atoms with Crippen molar-refractivity contribution in [3.63, 3.8) is 0 Å². The number of nitrogens with zero attached hydrogens (tertiary/aromatic N) is 1. The quantitative estimate of drug-likeness (QED) is 0.179. The Morgan fingerprint density at radius 2 is 1.87 bits per heavy atom. The predicted molar refractivity (Wildman–Crippen MR) is 113 cm³/mol. The van der Waals surface area contributed by atoms with Gasteiger partial charge in [0.1, 0.15) is 12.1 Å². The van der Waals surface area contributed by atoms with Crippen LogP contribution in [0.1, 0.15) is 32.6 Å². The molecule has 1 heterocycles. The van der Waals surface area contributed by atoms with E-state index in [-0.39, 0.29) is 19.4 Å². The molecule has 31 heavy (non-hydrogen) atoms. The Balaban J connectivity index is 2.93. The minimum absolute atomic E-state index is 0.252. The molecule has 0 aliphatic carbocycles. The molecule has 1 aliphatic heterocycles. The molecule has 13 heteroatoms. The number of aliphatic hydroxyl groups is 1. The van der Waals surface area contributed by atoms with Crippen molar-refractivity contribution in [3.8, 4) is 0 Å². The summed E-state index contributed by atoms with van der Waals surface area (Å²) in [4.78, 5) is 61.6. The van der Waals surface area contributed by atoms with Crippen molar-refractivity contribution in [2.24, 2.45) is 11.5 Å². The second-order valence-electron chi connectivity index (χ2n) is 7.37. The lowest BCUT2D eigenvalue weighted by atomic mass is 10.1. The molecule has 0 radical (unpaired) electrons. The van der Waals surface area contributed by atoms with Gasteiger partial charge in [0.2, 0.25) is 23.6 Å². The summed E-state index contributed by atoms with van der Waals surface area (Å²) in [6, 6.07) is -4.62. The molecule has 0 aromatic carbocycles. The van der Waals surface area contributed by atoms with Crippen molar-refractivity contribution in [2.75, 3.05) is 18.6 Å². The summed E-state index contributed by atoms with van der Waals surface area (Å²) in [5.41, 5.74) is 10.7. The molecule has 0 saturated carbocycles. The molecule has 1 saturated heterocycles. The zero-order chi connectivity index (χ0) is 23.7. The molecule has 0 aromatic heterocycles. The minimum atomic E-state index is -1.51. The number of carboxylic acid groups (broad SMARTS) is 1.